The maximum Gasteiger partial charge on any atom is 0.132 e. The van der Waals surface area contributed by atoms with Crippen LogP contribution >= 0.6 is 0 Å². The molecule has 88 valence electrons. The van der Waals surface area contributed by atoms with Crippen LogP contribution in [-0.4, -0.2) is 34.3 Å². The molecule has 1 fully saturated rings. The van der Waals surface area contributed by atoms with Crippen molar-refractivity contribution in [3.63, 3.8) is 0 Å². The first-order chi connectivity index (χ1) is 7.70. The lowest BCUT2D eigenvalue weighted by molar-refractivity contribution is 0.136. The summed E-state index contributed by atoms with van der Waals surface area (Å²) in [5.74, 6) is 1.37. The summed E-state index contributed by atoms with van der Waals surface area (Å²) in [5, 5.41) is 9.56. The van der Waals surface area contributed by atoms with Crippen LogP contribution in [0.15, 0.2) is 12.4 Å². The maximum atomic E-state index is 9.56. The highest BCUT2D eigenvalue weighted by Gasteiger charge is 2.26. The topological polar surface area (TPSA) is 49.2 Å². The molecule has 16 heavy (non-hydrogen) atoms. The molecule has 0 saturated carbocycles. The van der Waals surface area contributed by atoms with Crippen LogP contribution in [0.4, 0.5) is 5.82 Å². The van der Waals surface area contributed by atoms with Crippen molar-refractivity contribution in [3.05, 3.63) is 18.1 Å². The van der Waals surface area contributed by atoms with Crippen molar-refractivity contribution in [1.82, 2.24) is 9.97 Å². The second-order valence-electron chi connectivity index (χ2n) is 4.46. The van der Waals surface area contributed by atoms with E-state index in [2.05, 4.69) is 21.8 Å². The van der Waals surface area contributed by atoms with Crippen LogP contribution in [0.5, 0.6) is 0 Å². The molecular formula is C12H19N3O. The predicted molar refractivity (Wildman–Crippen MR) is 63.4 cm³/mol. The molecular weight excluding hydrogens is 202 g/mol. The summed E-state index contributed by atoms with van der Waals surface area (Å²) >= 11 is 0. The van der Waals surface area contributed by atoms with Gasteiger partial charge in [-0.25, -0.2) is 9.97 Å². The number of aryl methyl sites for hydroxylation is 1. The van der Waals surface area contributed by atoms with E-state index in [4.69, 9.17) is 0 Å². The second-order valence-corrected chi connectivity index (χ2v) is 4.46. The predicted octanol–water partition coefficient (Wildman–Crippen LogP) is 1.25. The van der Waals surface area contributed by atoms with Crippen molar-refractivity contribution in [2.75, 3.05) is 18.0 Å². The molecule has 1 aliphatic rings. The fourth-order valence-electron chi connectivity index (χ4n) is 2.14. The largest absolute Gasteiger partial charge is 0.393 e. The van der Waals surface area contributed by atoms with E-state index in [9.17, 15) is 5.11 Å². The van der Waals surface area contributed by atoms with Crippen molar-refractivity contribution in [2.45, 2.75) is 32.8 Å². The third kappa shape index (κ3) is 2.32. The summed E-state index contributed by atoms with van der Waals surface area (Å²) in [6.45, 7) is 5.84. The van der Waals surface area contributed by atoms with Gasteiger partial charge >= 0.3 is 0 Å². The van der Waals surface area contributed by atoms with E-state index in [0.717, 1.165) is 37.4 Å². The summed E-state index contributed by atoms with van der Waals surface area (Å²) < 4.78 is 0. The van der Waals surface area contributed by atoms with Crippen LogP contribution in [-0.2, 0) is 6.42 Å². The molecule has 1 saturated heterocycles. The van der Waals surface area contributed by atoms with Crippen LogP contribution in [0.3, 0.4) is 0 Å². The molecule has 0 amide bonds. The minimum atomic E-state index is -0.225. The van der Waals surface area contributed by atoms with Crippen molar-refractivity contribution in [2.24, 2.45) is 5.92 Å². The molecule has 0 bridgehead atoms. The lowest BCUT2D eigenvalue weighted by atomic mass is 10.0. The SMILES string of the molecule is CCc1cc(N2CCC(C(C)O)C2)ncn1. The number of aliphatic hydroxyl groups excluding tert-OH is 1. The Hall–Kier alpha value is -1.16. The van der Waals surface area contributed by atoms with Gasteiger partial charge in [-0.3, -0.25) is 0 Å². The van der Waals surface area contributed by atoms with Gasteiger partial charge in [-0.1, -0.05) is 6.92 Å². The number of anilines is 1. The second kappa shape index (κ2) is 4.78. The summed E-state index contributed by atoms with van der Waals surface area (Å²) in [4.78, 5) is 10.7. The smallest absolute Gasteiger partial charge is 0.132 e. The van der Waals surface area contributed by atoms with Gasteiger partial charge in [0.05, 0.1) is 6.10 Å². The van der Waals surface area contributed by atoms with Crippen LogP contribution < -0.4 is 4.90 Å². The molecule has 4 nitrogen and oxygen atoms in total. The Balaban J connectivity index is 2.08. The van der Waals surface area contributed by atoms with E-state index in [1.807, 2.05) is 13.0 Å². The third-order valence-corrected chi connectivity index (χ3v) is 3.30. The quantitative estimate of drug-likeness (QED) is 0.834. The Morgan fingerprint density at radius 1 is 1.56 bits per heavy atom. The van der Waals surface area contributed by atoms with E-state index in [1.165, 1.54) is 0 Å². The zero-order valence-corrected chi connectivity index (χ0v) is 9.93. The van der Waals surface area contributed by atoms with Gasteiger partial charge in [0.15, 0.2) is 0 Å². The molecule has 0 spiro atoms. The molecule has 1 aromatic rings. The fraction of sp³-hybridized carbons (Fsp3) is 0.667. The number of hydrogen-bond donors (Lipinski definition) is 1. The highest BCUT2D eigenvalue weighted by atomic mass is 16.3. The van der Waals surface area contributed by atoms with Crippen molar-refractivity contribution in [1.29, 1.82) is 0 Å². The van der Waals surface area contributed by atoms with E-state index in [0.29, 0.717) is 5.92 Å². The van der Waals surface area contributed by atoms with Crippen LogP contribution in [0, 0.1) is 5.92 Å². The van der Waals surface area contributed by atoms with Crippen LogP contribution in [0.25, 0.3) is 0 Å². The van der Waals surface area contributed by atoms with E-state index >= 15 is 0 Å². The standard InChI is InChI=1S/C12H19N3O/c1-3-11-6-12(14-8-13-11)15-5-4-10(7-15)9(2)16/h6,8-10,16H,3-5,7H2,1-2H3. The molecule has 2 heterocycles. The van der Waals surface area contributed by atoms with Gasteiger partial charge in [0, 0.05) is 30.8 Å². The molecule has 2 atom stereocenters. The number of hydrogen-bond acceptors (Lipinski definition) is 4. The summed E-state index contributed by atoms with van der Waals surface area (Å²) in [6, 6.07) is 2.05. The minimum Gasteiger partial charge on any atom is -0.393 e. The Morgan fingerprint density at radius 3 is 3.00 bits per heavy atom. The molecule has 0 radical (unpaired) electrons. The number of aliphatic hydroxyl groups is 1. The highest BCUT2D eigenvalue weighted by Crippen LogP contribution is 2.24. The van der Waals surface area contributed by atoms with Crippen molar-refractivity contribution >= 4 is 5.82 Å². The number of nitrogens with zero attached hydrogens (tertiary/aromatic N) is 3. The van der Waals surface area contributed by atoms with Crippen molar-refractivity contribution in [3.8, 4) is 0 Å². The average molecular weight is 221 g/mol. The third-order valence-electron chi connectivity index (χ3n) is 3.30. The summed E-state index contributed by atoms with van der Waals surface area (Å²) in [6.07, 6.45) is 3.38. The van der Waals surface area contributed by atoms with Gasteiger partial charge in [0.2, 0.25) is 0 Å². The van der Waals surface area contributed by atoms with E-state index < -0.39 is 0 Å². The van der Waals surface area contributed by atoms with Gasteiger partial charge < -0.3 is 10.0 Å². The first-order valence-electron chi connectivity index (χ1n) is 5.94. The fourth-order valence-corrected chi connectivity index (χ4v) is 2.14. The normalized spacial score (nSPS) is 22.4. The monoisotopic (exact) mass is 221 g/mol. The zero-order valence-electron chi connectivity index (χ0n) is 9.93. The molecule has 2 unspecified atom stereocenters. The minimum absolute atomic E-state index is 0.225. The maximum absolute atomic E-state index is 9.56. The van der Waals surface area contributed by atoms with Gasteiger partial charge in [0.25, 0.3) is 0 Å². The molecule has 1 aliphatic heterocycles. The van der Waals surface area contributed by atoms with Gasteiger partial charge in [-0.15, -0.1) is 0 Å². The molecule has 4 heteroatoms. The summed E-state index contributed by atoms with van der Waals surface area (Å²) in [7, 11) is 0. The van der Waals surface area contributed by atoms with E-state index in [-0.39, 0.29) is 6.10 Å². The average Bonchev–Trinajstić information content (AvgIpc) is 2.78. The van der Waals surface area contributed by atoms with Crippen LogP contribution in [0.2, 0.25) is 0 Å². The summed E-state index contributed by atoms with van der Waals surface area (Å²) in [5.41, 5.74) is 1.07. The lowest BCUT2D eigenvalue weighted by Gasteiger charge is -2.18. The van der Waals surface area contributed by atoms with Gasteiger partial charge in [-0.2, -0.15) is 0 Å². The number of aromatic nitrogens is 2. The first-order valence-corrected chi connectivity index (χ1v) is 5.94. The Morgan fingerprint density at radius 2 is 2.38 bits per heavy atom. The first kappa shape index (κ1) is 11.3. The zero-order chi connectivity index (χ0) is 11.5. The van der Waals surface area contributed by atoms with Crippen molar-refractivity contribution < 1.29 is 5.11 Å². The Bertz CT molecular complexity index is 354. The molecule has 1 aromatic heterocycles. The molecule has 2 rings (SSSR count). The van der Waals surface area contributed by atoms with E-state index in [1.54, 1.807) is 6.33 Å². The molecule has 0 aliphatic carbocycles. The van der Waals surface area contributed by atoms with Gasteiger partial charge in [-0.05, 0) is 19.8 Å². The molecule has 1 N–H and O–H groups in total. The Labute approximate surface area is 96.3 Å². The molecule has 0 aromatic carbocycles. The highest BCUT2D eigenvalue weighted by molar-refractivity contribution is 5.40. The number of rotatable bonds is 3. The van der Waals surface area contributed by atoms with Crippen LogP contribution in [0.1, 0.15) is 26.0 Å². The lowest BCUT2D eigenvalue weighted by Crippen LogP contribution is -2.24. The Kier molecular flexibility index (Phi) is 3.39. The van der Waals surface area contributed by atoms with Gasteiger partial charge in [0.1, 0.15) is 12.1 Å².